The first-order valence-corrected chi connectivity index (χ1v) is 10.4. The zero-order chi connectivity index (χ0) is 19.6. The van der Waals surface area contributed by atoms with Gasteiger partial charge in [0.25, 0.3) is 0 Å². The normalized spacial score (nSPS) is 10.6. The zero-order valence-electron chi connectivity index (χ0n) is 17.3. The molecule has 0 aliphatic heterocycles. The third-order valence-electron chi connectivity index (χ3n) is 3.50. The second kappa shape index (κ2) is 29.5. The van der Waals surface area contributed by atoms with Gasteiger partial charge < -0.3 is 29.2 Å². The summed E-state index contributed by atoms with van der Waals surface area (Å²) in [5.41, 5.74) is 0. The molecule has 0 spiro atoms. The van der Waals surface area contributed by atoms with E-state index in [-0.39, 0.29) is 13.2 Å². The summed E-state index contributed by atoms with van der Waals surface area (Å²) in [5, 5.41) is 16.7. The summed E-state index contributed by atoms with van der Waals surface area (Å²) in [4.78, 5) is 0. The van der Waals surface area contributed by atoms with E-state index in [0.29, 0.717) is 39.6 Å². The van der Waals surface area contributed by atoms with Crippen molar-refractivity contribution in [1.82, 2.24) is 0 Å². The molecule has 6 nitrogen and oxygen atoms in total. The van der Waals surface area contributed by atoms with Crippen LogP contribution in [0.5, 0.6) is 0 Å². The minimum Gasteiger partial charge on any atom is -0.394 e. The topological polar surface area (TPSA) is 77.4 Å². The Bertz CT molecular complexity index is 174. The van der Waals surface area contributed by atoms with E-state index in [1.807, 2.05) is 0 Å². The van der Waals surface area contributed by atoms with Crippen LogP contribution < -0.4 is 0 Å². The number of aliphatic hydroxyl groups excluding tert-OH is 2. The van der Waals surface area contributed by atoms with Gasteiger partial charge in [-0.05, 0) is 12.8 Å². The van der Waals surface area contributed by atoms with Crippen LogP contribution in [0.3, 0.4) is 0 Å². The lowest BCUT2D eigenvalue weighted by molar-refractivity contribution is 0.00230. The molecule has 0 aromatic heterocycles. The fourth-order valence-electron chi connectivity index (χ4n) is 2.03. The molecule has 2 N–H and O–H groups in total. The molecule has 0 aliphatic rings. The van der Waals surface area contributed by atoms with Gasteiger partial charge in [0, 0.05) is 13.2 Å². The molecule has 0 saturated carbocycles. The molecule has 0 rings (SSSR count). The minimum atomic E-state index is 0.0413. The summed E-state index contributed by atoms with van der Waals surface area (Å²) in [6, 6.07) is 0. The monoisotopic (exact) mass is 380 g/mol. The van der Waals surface area contributed by atoms with Crippen LogP contribution in [0.1, 0.15) is 65.2 Å². The highest BCUT2D eigenvalue weighted by atomic mass is 16.5. The fourth-order valence-corrected chi connectivity index (χ4v) is 2.03. The van der Waals surface area contributed by atoms with E-state index in [0.717, 1.165) is 13.2 Å². The van der Waals surface area contributed by atoms with Crippen LogP contribution in [0.25, 0.3) is 0 Å². The Balaban J connectivity index is 0. The molecule has 0 radical (unpaired) electrons. The molecule has 0 unspecified atom stereocenters. The lowest BCUT2D eigenvalue weighted by atomic mass is 10.2. The van der Waals surface area contributed by atoms with Gasteiger partial charge in [-0.15, -0.1) is 0 Å². The van der Waals surface area contributed by atoms with Crippen LogP contribution in [0.2, 0.25) is 0 Å². The number of hydrogen-bond acceptors (Lipinski definition) is 6. The summed E-state index contributed by atoms with van der Waals surface area (Å²) in [7, 11) is 0. The molecule has 0 amide bonds. The van der Waals surface area contributed by atoms with Gasteiger partial charge in [-0.1, -0.05) is 52.4 Å². The van der Waals surface area contributed by atoms with Gasteiger partial charge in [-0.3, -0.25) is 0 Å². The molecule has 0 fully saturated rings. The quantitative estimate of drug-likeness (QED) is 0.316. The summed E-state index contributed by atoms with van der Waals surface area (Å²) < 4.78 is 20.5. The van der Waals surface area contributed by atoms with Crippen LogP contribution >= 0.6 is 0 Å². The van der Waals surface area contributed by atoms with Gasteiger partial charge in [0.1, 0.15) is 0 Å². The van der Waals surface area contributed by atoms with E-state index in [1.54, 1.807) is 0 Å². The second-order valence-electron chi connectivity index (χ2n) is 6.02. The Morgan fingerprint density at radius 3 is 1.12 bits per heavy atom. The van der Waals surface area contributed by atoms with Crippen molar-refractivity contribution in [3.05, 3.63) is 0 Å². The first kappa shape index (κ1) is 28.0. The van der Waals surface area contributed by atoms with E-state index >= 15 is 0 Å². The maximum absolute atomic E-state index is 8.36. The summed E-state index contributed by atoms with van der Waals surface area (Å²) in [5.74, 6) is 0. The molecular weight excluding hydrogens is 336 g/mol. The van der Waals surface area contributed by atoms with Crippen molar-refractivity contribution < 1.29 is 29.2 Å². The first-order chi connectivity index (χ1) is 12.8. The highest BCUT2D eigenvalue weighted by Crippen LogP contribution is 2.01. The molecule has 0 saturated heterocycles. The summed E-state index contributed by atoms with van der Waals surface area (Å²) >= 11 is 0. The number of rotatable bonds is 20. The van der Waals surface area contributed by atoms with Crippen LogP contribution in [0, 0.1) is 0 Å². The van der Waals surface area contributed by atoms with Gasteiger partial charge in [0.2, 0.25) is 0 Å². The number of aliphatic hydroxyl groups is 2. The van der Waals surface area contributed by atoms with E-state index in [1.165, 1.54) is 51.4 Å². The van der Waals surface area contributed by atoms with Crippen LogP contribution in [0.4, 0.5) is 0 Å². The SMILES string of the molecule is CCCCCCOCCCCCC.OCCOCCOCCOCCO. The van der Waals surface area contributed by atoms with Crippen molar-refractivity contribution in [3.8, 4) is 0 Å². The second-order valence-corrected chi connectivity index (χ2v) is 6.02. The maximum atomic E-state index is 8.36. The van der Waals surface area contributed by atoms with Crippen LogP contribution in [0.15, 0.2) is 0 Å². The highest BCUT2D eigenvalue weighted by molar-refractivity contribution is 4.42. The Morgan fingerprint density at radius 1 is 0.423 bits per heavy atom. The molecule has 0 atom stereocenters. The van der Waals surface area contributed by atoms with Crippen molar-refractivity contribution in [2.24, 2.45) is 0 Å². The maximum Gasteiger partial charge on any atom is 0.0701 e. The average Bonchev–Trinajstić information content (AvgIpc) is 2.66. The standard InChI is InChI=1S/C12H26O.C8H18O5/c1-3-5-7-9-11-13-12-10-8-6-4-2;9-1-3-11-5-7-13-8-6-12-4-2-10/h3-12H2,1-2H3;9-10H,1-8H2. The molecule has 6 heteroatoms. The first-order valence-electron chi connectivity index (χ1n) is 10.4. The van der Waals surface area contributed by atoms with E-state index in [2.05, 4.69) is 13.8 Å². The number of ether oxygens (including phenoxy) is 4. The largest absolute Gasteiger partial charge is 0.394 e. The van der Waals surface area contributed by atoms with Gasteiger partial charge >= 0.3 is 0 Å². The van der Waals surface area contributed by atoms with Crippen LogP contribution in [-0.4, -0.2) is 76.3 Å². The number of hydrogen-bond donors (Lipinski definition) is 2. The van der Waals surface area contributed by atoms with Gasteiger partial charge in [-0.25, -0.2) is 0 Å². The molecule has 0 heterocycles. The van der Waals surface area contributed by atoms with Crippen molar-refractivity contribution in [2.45, 2.75) is 65.2 Å². The van der Waals surface area contributed by atoms with Gasteiger partial charge in [0.05, 0.1) is 52.9 Å². The molecule has 26 heavy (non-hydrogen) atoms. The van der Waals surface area contributed by atoms with Crippen molar-refractivity contribution in [1.29, 1.82) is 0 Å². The average molecular weight is 381 g/mol. The van der Waals surface area contributed by atoms with Crippen molar-refractivity contribution >= 4 is 0 Å². The summed E-state index contributed by atoms with van der Waals surface area (Å²) in [6.45, 7) is 9.20. The lowest BCUT2D eigenvalue weighted by Crippen LogP contribution is -2.11. The van der Waals surface area contributed by atoms with E-state index < -0.39 is 0 Å². The molecule has 0 aliphatic carbocycles. The summed E-state index contributed by atoms with van der Waals surface area (Å²) in [6.07, 6.45) is 10.5. The predicted octanol–water partition coefficient (Wildman–Crippen LogP) is 3.18. The minimum absolute atomic E-state index is 0.0413. The zero-order valence-corrected chi connectivity index (χ0v) is 17.3. The van der Waals surface area contributed by atoms with E-state index in [4.69, 9.17) is 29.2 Å². The number of unbranched alkanes of at least 4 members (excludes halogenated alkanes) is 6. The van der Waals surface area contributed by atoms with Crippen LogP contribution in [-0.2, 0) is 18.9 Å². The Hall–Kier alpha value is -0.240. The lowest BCUT2D eigenvalue weighted by Gasteiger charge is -2.04. The smallest absolute Gasteiger partial charge is 0.0701 e. The van der Waals surface area contributed by atoms with Crippen molar-refractivity contribution in [2.75, 3.05) is 66.1 Å². The Kier molecular flexibility index (Phi) is 31.8. The fraction of sp³-hybridized carbons (Fsp3) is 1.00. The molecule has 160 valence electrons. The third kappa shape index (κ3) is 31.5. The molecule has 0 aromatic carbocycles. The van der Waals surface area contributed by atoms with Gasteiger partial charge in [0.15, 0.2) is 0 Å². The third-order valence-corrected chi connectivity index (χ3v) is 3.50. The highest BCUT2D eigenvalue weighted by Gasteiger charge is 1.91. The van der Waals surface area contributed by atoms with E-state index in [9.17, 15) is 0 Å². The Morgan fingerprint density at radius 2 is 0.769 bits per heavy atom. The Labute approximate surface area is 161 Å². The molecule has 0 aromatic rings. The van der Waals surface area contributed by atoms with Gasteiger partial charge in [-0.2, -0.15) is 0 Å². The predicted molar refractivity (Wildman–Crippen MR) is 106 cm³/mol. The van der Waals surface area contributed by atoms with Crippen molar-refractivity contribution in [3.63, 3.8) is 0 Å². The molecular formula is C20H44O6. The molecule has 0 bridgehead atoms.